The maximum atomic E-state index is 12.4. The van der Waals surface area contributed by atoms with E-state index in [2.05, 4.69) is 31.0 Å². The lowest BCUT2D eigenvalue weighted by Crippen LogP contribution is -2.12. The van der Waals surface area contributed by atoms with Gasteiger partial charge in [-0.1, -0.05) is 0 Å². The first-order valence-corrected chi connectivity index (χ1v) is 9.31. The summed E-state index contributed by atoms with van der Waals surface area (Å²) in [5.41, 5.74) is 1.88. The summed E-state index contributed by atoms with van der Waals surface area (Å²) in [5, 5.41) is 3.03. The minimum Gasteiger partial charge on any atom is -0.315 e. The van der Waals surface area contributed by atoms with Gasteiger partial charge in [0.15, 0.2) is 0 Å². The van der Waals surface area contributed by atoms with Gasteiger partial charge in [0.25, 0.3) is 10.0 Å². The minimum atomic E-state index is -3.60. The molecule has 21 heavy (non-hydrogen) atoms. The fourth-order valence-corrected chi connectivity index (χ4v) is 4.56. The van der Waals surface area contributed by atoms with Crippen molar-refractivity contribution in [3.8, 4) is 0 Å². The highest BCUT2D eigenvalue weighted by atomic mass is 79.9. The number of nitrogens with one attached hydrogen (secondary N) is 2. The molecule has 0 aliphatic rings. The van der Waals surface area contributed by atoms with Crippen molar-refractivity contribution in [2.75, 3.05) is 11.8 Å². The molecule has 0 saturated heterocycles. The summed E-state index contributed by atoms with van der Waals surface area (Å²) in [6, 6.07) is 3.38. The third kappa shape index (κ3) is 3.82. The Bertz CT molecular complexity index is 757. The predicted molar refractivity (Wildman–Crippen MR) is 89.3 cm³/mol. The normalized spacial score (nSPS) is 11.6. The van der Waals surface area contributed by atoms with Crippen LogP contribution in [0.1, 0.15) is 16.0 Å². The monoisotopic (exact) mass is 389 g/mol. The first kappa shape index (κ1) is 16.4. The van der Waals surface area contributed by atoms with Crippen LogP contribution in [-0.2, 0) is 16.6 Å². The summed E-state index contributed by atoms with van der Waals surface area (Å²) in [4.78, 5) is 5.08. The molecule has 0 amide bonds. The number of aryl methyl sites for hydroxylation is 2. The van der Waals surface area contributed by atoms with E-state index >= 15 is 0 Å². The number of nitrogens with zero attached hydrogens (tertiary/aromatic N) is 1. The molecular weight excluding hydrogens is 374 g/mol. The van der Waals surface area contributed by atoms with E-state index in [4.69, 9.17) is 0 Å². The lowest BCUT2D eigenvalue weighted by atomic mass is 10.3. The topological polar surface area (TPSA) is 71.1 Å². The van der Waals surface area contributed by atoms with Gasteiger partial charge in [0.05, 0.1) is 0 Å². The highest BCUT2D eigenvalue weighted by molar-refractivity contribution is 9.10. The zero-order valence-electron chi connectivity index (χ0n) is 11.9. The second-order valence-electron chi connectivity index (χ2n) is 4.63. The summed E-state index contributed by atoms with van der Waals surface area (Å²) in [6.07, 6.45) is 1.58. The van der Waals surface area contributed by atoms with E-state index < -0.39 is 10.0 Å². The number of thiophene rings is 1. The van der Waals surface area contributed by atoms with E-state index in [1.165, 1.54) is 11.3 Å². The smallest absolute Gasteiger partial charge is 0.272 e. The highest BCUT2D eigenvalue weighted by Gasteiger charge is 2.19. The van der Waals surface area contributed by atoms with Crippen molar-refractivity contribution in [1.82, 2.24) is 10.3 Å². The molecule has 2 N–H and O–H groups in total. The zero-order chi connectivity index (χ0) is 15.6. The van der Waals surface area contributed by atoms with Gasteiger partial charge in [-0.05, 0) is 60.1 Å². The Balaban J connectivity index is 2.29. The molecule has 2 aromatic heterocycles. The maximum absolute atomic E-state index is 12.4. The number of aromatic nitrogens is 1. The van der Waals surface area contributed by atoms with Gasteiger partial charge in [0.2, 0.25) is 0 Å². The Morgan fingerprint density at radius 1 is 1.29 bits per heavy atom. The van der Waals surface area contributed by atoms with Gasteiger partial charge in [-0.15, -0.1) is 11.3 Å². The van der Waals surface area contributed by atoms with Crippen LogP contribution < -0.4 is 10.0 Å². The number of halogens is 1. The van der Waals surface area contributed by atoms with E-state index in [1.807, 2.05) is 20.9 Å². The quantitative estimate of drug-likeness (QED) is 0.823. The maximum Gasteiger partial charge on any atom is 0.272 e. The van der Waals surface area contributed by atoms with Gasteiger partial charge in [-0.3, -0.25) is 4.72 Å². The average Bonchev–Trinajstić information content (AvgIpc) is 2.77. The van der Waals surface area contributed by atoms with E-state index in [-0.39, 0.29) is 0 Å². The number of rotatable bonds is 5. The molecule has 0 aromatic carbocycles. The molecular formula is C13H16BrN3O2S2. The van der Waals surface area contributed by atoms with Crippen molar-refractivity contribution in [2.24, 2.45) is 0 Å². The molecule has 0 saturated carbocycles. The van der Waals surface area contributed by atoms with Crippen molar-refractivity contribution in [1.29, 1.82) is 0 Å². The molecule has 114 valence electrons. The summed E-state index contributed by atoms with van der Waals surface area (Å²) < 4.78 is 28.4. The fraction of sp³-hybridized carbons (Fsp3) is 0.308. The van der Waals surface area contributed by atoms with Gasteiger partial charge >= 0.3 is 0 Å². The summed E-state index contributed by atoms with van der Waals surface area (Å²) in [7, 11) is -1.77. The number of hydrogen-bond donors (Lipinski definition) is 2. The molecule has 2 aromatic rings. The molecule has 0 bridgehead atoms. The lowest BCUT2D eigenvalue weighted by molar-refractivity contribution is 0.603. The van der Waals surface area contributed by atoms with Crippen LogP contribution in [0.2, 0.25) is 0 Å². The Morgan fingerprint density at radius 3 is 2.62 bits per heavy atom. The number of anilines is 1. The lowest BCUT2D eigenvalue weighted by Gasteiger charge is -2.06. The molecule has 0 atom stereocenters. The summed E-state index contributed by atoms with van der Waals surface area (Å²) >= 11 is 4.61. The third-order valence-electron chi connectivity index (χ3n) is 2.89. The molecule has 8 heteroatoms. The Labute approximate surface area is 137 Å². The second kappa shape index (κ2) is 6.43. The van der Waals surface area contributed by atoms with Crippen LogP contribution in [0.3, 0.4) is 0 Å². The molecule has 0 fully saturated rings. The van der Waals surface area contributed by atoms with Crippen molar-refractivity contribution < 1.29 is 8.42 Å². The van der Waals surface area contributed by atoms with E-state index in [9.17, 15) is 8.42 Å². The van der Waals surface area contributed by atoms with Crippen molar-refractivity contribution in [3.05, 3.63) is 38.8 Å². The Kier molecular flexibility index (Phi) is 5.03. The molecule has 0 aliphatic heterocycles. The zero-order valence-corrected chi connectivity index (χ0v) is 15.1. The van der Waals surface area contributed by atoms with Gasteiger partial charge in [-0.2, -0.15) is 0 Å². The molecule has 0 radical (unpaired) electrons. The molecule has 0 aliphatic carbocycles. The molecule has 5 nitrogen and oxygen atoms in total. The van der Waals surface area contributed by atoms with E-state index in [1.54, 1.807) is 18.3 Å². The number of hydrogen-bond acceptors (Lipinski definition) is 5. The summed E-state index contributed by atoms with van der Waals surface area (Å²) in [5.74, 6) is 0.317. The number of sulfonamides is 1. The first-order valence-electron chi connectivity index (χ1n) is 6.22. The standard InChI is InChI=1S/C13H16BrN3O2S2/c1-8-4-12(16-6-10(8)14)17-21(18,19)13-5-9(2)11(20-13)7-15-3/h4-6,15H,7H2,1-3H3,(H,16,17). The minimum absolute atomic E-state index is 0.299. The van der Waals surface area contributed by atoms with E-state index in [0.717, 1.165) is 20.5 Å². The van der Waals surface area contributed by atoms with Crippen LogP contribution in [0.25, 0.3) is 0 Å². The number of pyridine rings is 1. The van der Waals surface area contributed by atoms with Crippen LogP contribution in [0.15, 0.2) is 27.0 Å². The molecule has 0 spiro atoms. The van der Waals surface area contributed by atoms with Crippen LogP contribution in [0.4, 0.5) is 5.82 Å². The average molecular weight is 390 g/mol. The largest absolute Gasteiger partial charge is 0.315 e. The SMILES string of the molecule is CNCc1sc(S(=O)(=O)Nc2cc(C)c(Br)cn2)cc1C. The summed E-state index contributed by atoms with van der Waals surface area (Å²) in [6.45, 7) is 4.44. The first-order chi connectivity index (χ1) is 9.83. The van der Waals surface area contributed by atoms with Crippen molar-refractivity contribution >= 4 is 43.1 Å². The molecule has 2 rings (SSSR count). The van der Waals surface area contributed by atoms with Crippen LogP contribution in [-0.4, -0.2) is 20.4 Å². The Hall–Kier alpha value is -0.960. The van der Waals surface area contributed by atoms with Crippen LogP contribution in [0.5, 0.6) is 0 Å². The van der Waals surface area contributed by atoms with Crippen molar-refractivity contribution in [3.63, 3.8) is 0 Å². The van der Waals surface area contributed by atoms with Crippen LogP contribution >= 0.6 is 27.3 Å². The van der Waals surface area contributed by atoms with Gasteiger partial charge in [0, 0.05) is 22.1 Å². The molecule has 0 unspecified atom stereocenters. The molecule has 2 heterocycles. The van der Waals surface area contributed by atoms with Gasteiger partial charge in [-0.25, -0.2) is 13.4 Å². The van der Waals surface area contributed by atoms with E-state index in [0.29, 0.717) is 16.6 Å². The second-order valence-corrected chi connectivity index (χ2v) is 8.53. The van der Waals surface area contributed by atoms with Gasteiger partial charge < -0.3 is 5.32 Å². The predicted octanol–water partition coefficient (Wildman–Crippen LogP) is 3.04. The van der Waals surface area contributed by atoms with Crippen molar-refractivity contribution in [2.45, 2.75) is 24.6 Å². The fourth-order valence-electron chi connectivity index (χ4n) is 1.74. The highest BCUT2D eigenvalue weighted by Crippen LogP contribution is 2.27. The Morgan fingerprint density at radius 2 is 2.00 bits per heavy atom. The third-order valence-corrected chi connectivity index (χ3v) is 6.78. The van der Waals surface area contributed by atoms with Gasteiger partial charge in [0.1, 0.15) is 10.0 Å². The van der Waals surface area contributed by atoms with Crippen LogP contribution in [0, 0.1) is 13.8 Å².